The van der Waals surface area contributed by atoms with Crippen molar-refractivity contribution in [3.63, 3.8) is 0 Å². The van der Waals surface area contributed by atoms with E-state index in [9.17, 15) is 9.59 Å². The predicted octanol–water partition coefficient (Wildman–Crippen LogP) is 2.31. The van der Waals surface area contributed by atoms with Gasteiger partial charge in [-0.15, -0.1) is 0 Å². The molecule has 0 bridgehead atoms. The molecule has 4 heteroatoms. The number of hydrogen-bond acceptors (Lipinski definition) is 3. The topological polar surface area (TPSA) is 43.4 Å². The highest BCUT2D eigenvalue weighted by atomic mass is 35.5. The monoisotopic (exact) mass is 226 g/mol. The number of halogens is 1. The minimum atomic E-state index is -0.861. The first-order valence-corrected chi connectivity index (χ1v) is 4.74. The number of methoxy groups -OCH3 is 1. The van der Waals surface area contributed by atoms with E-state index in [2.05, 4.69) is 4.74 Å². The number of aryl methyl sites for hydroxylation is 2. The first kappa shape index (κ1) is 11.7. The average Bonchev–Trinajstić information content (AvgIpc) is 2.21. The Morgan fingerprint density at radius 1 is 1.20 bits per heavy atom. The van der Waals surface area contributed by atoms with E-state index in [1.807, 2.05) is 0 Å². The summed E-state index contributed by atoms with van der Waals surface area (Å²) in [6.45, 7) is 3.50. The van der Waals surface area contributed by atoms with Crippen LogP contribution in [0.1, 0.15) is 21.5 Å². The molecular formula is C11H11ClO3. The van der Waals surface area contributed by atoms with Crippen LogP contribution >= 0.6 is 11.6 Å². The van der Waals surface area contributed by atoms with Crippen LogP contribution in [0.4, 0.5) is 0 Å². The fourth-order valence-electron chi connectivity index (χ4n) is 1.23. The van der Waals surface area contributed by atoms with Crippen molar-refractivity contribution in [1.29, 1.82) is 0 Å². The summed E-state index contributed by atoms with van der Waals surface area (Å²) in [5, 5.41) is 0.578. The van der Waals surface area contributed by atoms with Gasteiger partial charge in [0.25, 0.3) is 5.78 Å². The molecule has 1 rings (SSSR count). The van der Waals surface area contributed by atoms with Crippen LogP contribution in [0.2, 0.25) is 5.02 Å². The summed E-state index contributed by atoms with van der Waals surface area (Å²) in [6, 6.07) is 3.25. The summed E-state index contributed by atoms with van der Waals surface area (Å²) in [6.07, 6.45) is 0. The van der Waals surface area contributed by atoms with E-state index in [-0.39, 0.29) is 0 Å². The number of benzene rings is 1. The van der Waals surface area contributed by atoms with Crippen molar-refractivity contribution in [2.75, 3.05) is 7.11 Å². The van der Waals surface area contributed by atoms with Crippen molar-refractivity contribution in [3.8, 4) is 0 Å². The van der Waals surface area contributed by atoms with Crippen LogP contribution in [-0.4, -0.2) is 18.9 Å². The summed E-state index contributed by atoms with van der Waals surface area (Å²) < 4.78 is 4.37. The number of carbonyl (C=O) groups is 2. The third-order valence-corrected chi connectivity index (χ3v) is 2.53. The molecular weight excluding hydrogens is 216 g/mol. The van der Waals surface area contributed by atoms with E-state index in [1.165, 1.54) is 7.11 Å². The molecule has 15 heavy (non-hydrogen) atoms. The molecule has 0 spiro atoms. The Hall–Kier alpha value is -1.35. The molecule has 0 heterocycles. The van der Waals surface area contributed by atoms with Crippen molar-refractivity contribution in [2.45, 2.75) is 13.8 Å². The molecule has 0 saturated carbocycles. The lowest BCUT2D eigenvalue weighted by Gasteiger charge is -2.06. The van der Waals surface area contributed by atoms with Gasteiger partial charge in [0.2, 0.25) is 0 Å². The predicted molar refractivity (Wildman–Crippen MR) is 57.3 cm³/mol. The lowest BCUT2D eigenvalue weighted by atomic mass is 10.0. The van der Waals surface area contributed by atoms with E-state index >= 15 is 0 Å². The standard InChI is InChI=1S/C11H11ClO3/c1-6-5-9(12)7(2)4-8(6)10(13)11(14)15-3/h4-5H,1-3H3. The normalized spacial score (nSPS) is 9.87. The molecule has 0 aromatic heterocycles. The second kappa shape index (κ2) is 4.45. The Balaban J connectivity index is 3.21. The molecule has 0 aliphatic rings. The van der Waals surface area contributed by atoms with Crippen LogP contribution in [0.3, 0.4) is 0 Å². The summed E-state index contributed by atoms with van der Waals surface area (Å²) >= 11 is 5.88. The molecule has 0 fully saturated rings. The maximum atomic E-state index is 11.5. The van der Waals surface area contributed by atoms with E-state index in [0.29, 0.717) is 16.1 Å². The second-order valence-corrected chi connectivity index (χ2v) is 3.64. The molecule has 80 valence electrons. The zero-order valence-corrected chi connectivity index (χ0v) is 9.51. The molecule has 0 amide bonds. The number of ketones is 1. The Morgan fingerprint density at radius 3 is 2.33 bits per heavy atom. The van der Waals surface area contributed by atoms with E-state index < -0.39 is 11.8 Å². The van der Waals surface area contributed by atoms with Gasteiger partial charge in [0, 0.05) is 10.6 Å². The molecule has 0 radical (unpaired) electrons. The van der Waals surface area contributed by atoms with Gasteiger partial charge < -0.3 is 4.74 Å². The van der Waals surface area contributed by atoms with E-state index in [0.717, 1.165) is 5.56 Å². The first-order chi connectivity index (χ1) is 6.97. The molecule has 0 aliphatic carbocycles. The number of carbonyl (C=O) groups excluding carboxylic acids is 2. The molecule has 0 N–H and O–H groups in total. The maximum Gasteiger partial charge on any atom is 0.379 e. The number of ether oxygens (including phenoxy) is 1. The Kier molecular flexibility index (Phi) is 3.48. The van der Waals surface area contributed by atoms with Gasteiger partial charge in [0.05, 0.1) is 7.11 Å². The van der Waals surface area contributed by atoms with Crippen LogP contribution in [0, 0.1) is 13.8 Å². The van der Waals surface area contributed by atoms with Crippen molar-refractivity contribution >= 4 is 23.4 Å². The minimum absolute atomic E-state index is 0.337. The minimum Gasteiger partial charge on any atom is -0.463 e. The van der Waals surface area contributed by atoms with Crippen molar-refractivity contribution in [2.24, 2.45) is 0 Å². The van der Waals surface area contributed by atoms with Crippen LogP contribution in [-0.2, 0) is 9.53 Å². The lowest BCUT2D eigenvalue weighted by Crippen LogP contribution is -2.17. The molecule has 1 aromatic rings. The SMILES string of the molecule is COC(=O)C(=O)c1cc(C)c(Cl)cc1C. The second-order valence-electron chi connectivity index (χ2n) is 3.24. The van der Waals surface area contributed by atoms with Gasteiger partial charge in [-0.1, -0.05) is 11.6 Å². The largest absolute Gasteiger partial charge is 0.463 e. The number of hydrogen-bond donors (Lipinski definition) is 0. The zero-order valence-electron chi connectivity index (χ0n) is 8.76. The Morgan fingerprint density at radius 2 is 1.80 bits per heavy atom. The molecule has 0 aliphatic heterocycles. The smallest absolute Gasteiger partial charge is 0.379 e. The third-order valence-electron chi connectivity index (χ3n) is 2.12. The first-order valence-electron chi connectivity index (χ1n) is 4.36. The van der Waals surface area contributed by atoms with Gasteiger partial charge >= 0.3 is 5.97 Å². The summed E-state index contributed by atoms with van der Waals surface area (Å²) in [7, 11) is 1.18. The highest BCUT2D eigenvalue weighted by Crippen LogP contribution is 2.20. The summed E-state index contributed by atoms with van der Waals surface area (Å²) in [4.78, 5) is 22.6. The van der Waals surface area contributed by atoms with Gasteiger partial charge in [-0.3, -0.25) is 4.79 Å². The van der Waals surface area contributed by atoms with Crippen molar-refractivity contribution in [1.82, 2.24) is 0 Å². The van der Waals surface area contributed by atoms with Gasteiger partial charge in [-0.05, 0) is 37.1 Å². The Bertz CT molecular complexity index is 424. The van der Waals surface area contributed by atoms with Crippen molar-refractivity contribution < 1.29 is 14.3 Å². The van der Waals surface area contributed by atoms with Crippen LogP contribution in [0.15, 0.2) is 12.1 Å². The average molecular weight is 227 g/mol. The number of esters is 1. The van der Waals surface area contributed by atoms with Crippen LogP contribution in [0.25, 0.3) is 0 Å². The molecule has 0 unspecified atom stereocenters. The van der Waals surface area contributed by atoms with Crippen LogP contribution < -0.4 is 0 Å². The summed E-state index contributed by atoms with van der Waals surface area (Å²) in [5.41, 5.74) is 1.76. The number of Topliss-reactive ketones (excluding diaryl/α,β-unsaturated/α-hetero) is 1. The molecule has 0 atom stereocenters. The van der Waals surface area contributed by atoms with Gasteiger partial charge in [-0.25, -0.2) is 4.79 Å². The lowest BCUT2D eigenvalue weighted by molar-refractivity contribution is -0.135. The zero-order chi connectivity index (χ0) is 11.6. The highest BCUT2D eigenvalue weighted by Gasteiger charge is 2.19. The summed E-state index contributed by atoms with van der Waals surface area (Å²) in [5.74, 6) is -1.51. The Labute approximate surface area is 93.0 Å². The van der Waals surface area contributed by atoms with E-state index in [4.69, 9.17) is 11.6 Å². The molecule has 3 nitrogen and oxygen atoms in total. The third kappa shape index (κ3) is 2.36. The molecule has 1 aromatic carbocycles. The maximum absolute atomic E-state index is 11.5. The van der Waals surface area contributed by atoms with Crippen molar-refractivity contribution in [3.05, 3.63) is 33.8 Å². The van der Waals surface area contributed by atoms with Gasteiger partial charge in [0.15, 0.2) is 0 Å². The quantitative estimate of drug-likeness (QED) is 0.442. The molecule has 0 saturated heterocycles. The highest BCUT2D eigenvalue weighted by molar-refractivity contribution is 6.41. The fraction of sp³-hybridized carbons (Fsp3) is 0.273. The van der Waals surface area contributed by atoms with Gasteiger partial charge in [-0.2, -0.15) is 0 Å². The number of rotatable bonds is 2. The fourth-order valence-corrected chi connectivity index (χ4v) is 1.45. The van der Waals surface area contributed by atoms with Gasteiger partial charge in [0.1, 0.15) is 0 Å². The van der Waals surface area contributed by atoms with Crippen LogP contribution in [0.5, 0.6) is 0 Å². The van der Waals surface area contributed by atoms with E-state index in [1.54, 1.807) is 26.0 Å².